The molecule has 0 saturated carbocycles. The summed E-state index contributed by atoms with van der Waals surface area (Å²) in [5, 5.41) is 21.0. The first kappa shape index (κ1) is 64.6. The van der Waals surface area contributed by atoms with Gasteiger partial charge in [-0.2, -0.15) is 5.10 Å². The molecule has 0 unspecified atom stereocenters. The molecule has 4 heterocycles. The summed E-state index contributed by atoms with van der Waals surface area (Å²) in [6.07, 6.45) is 0.727. The number of anilines is 1. The van der Waals surface area contributed by atoms with Crippen LogP contribution in [0.2, 0.25) is 0 Å². The zero-order valence-corrected chi connectivity index (χ0v) is 48.8. The second kappa shape index (κ2) is 31.8. The van der Waals surface area contributed by atoms with E-state index in [0.717, 1.165) is 33.8 Å². The average molecular weight is 1190 g/mol. The van der Waals surface area contributed by atoms with E-state index in [1.165, 1.54) is 11.0 Å². The molecule has 2 aliphatic rings. The van der Waals surface area contributed by atoms with E-state index in [1.807, 2.05) is 52.0 Å². The smallest absolute Gasteiger partial charge is 0.254 e. The number of nitrogens with one attached hydrogen (secondary N) is 2. The summed E-state index contributed by atoms with van der Waals surface area (Å²) in [5.41, 5.74) is 17.0. The summed E-state index contributed by atoms with van der Waals surface area (Å²) < 4.78 is 68.1. The Morgan fingerprint density at radius 1 is 0.798 bits per heavy atom. The van der Waals surface area contributed by atoms with Crippen molar-refractivity contribution < 1.29 is 71.0 Å². The molecule has 22 nitrogen and oxygen atoms in total. The third-order valence-electron chi connectivity index (χ3n) is 14.0. The van der Waals surface area contributed by atoms with Gasteiger partial charge >= 0.3 is 0 Å². The third-order valence-corrected chi connectivity index (χ3v) is 15.0. The Morgan fingerprint density at radius 2 is 1.39 bits per heavy atom. The van der Waals surface area contributed by atoms with Gasteiger partial charge in [-0.15, -0.1) is 11.3 Å². The quantitative estimate of drug-likeness (QED) is 0.0328. The van der Waals surface area contributed by atoms with Crippen molar-refractivity contribution in [1.29, 1.82) is 0 Å². The number of ether oxygens (including phenoxy) is 7. The first-order valence-corrected chi connectivity index (χ1v) is 29.0. The van der Waals surface area contributed by atoms with Crippen molar-refractivity contribution in [3.8, 4) is 33.2 Å². The molecule has 25 heteroatoms. The number of hydrogen-bond donors (Lipinski definition) is 5. The van der Waals surface area contributed by atoms with Crippen LogP contribution >= 0.6 is 11.3 Å². The number of aliphatic hydroxyl groups is 1. The number of aromatic nitrogens is 3. The maximum absolute atomic E-state index is 14.1. The van der Waals surface area contributed by atoms with Gasteiger partial charge in [0, 0.05) is 50.7 Å². The van der Waals surface area contributed by atoms with Crippen LogP contribution in [0, 0.1) is 24.0 Å². The minimum atomic E-state index is -0.948. The molecule has 0 radical (unpaired) electrons. The standard InChI is InChI=1S/C59H77F2N9O13S/c1-38-53(84-37-65-38)41-9-7-39(8-10-41)34-64-57(75)47-33-44(71)36-69(47)58(76)54(59(2,3)4)66-49(72)17-20-77-22-24-79-26-28-81-30-31-82-29-27-80-25-23-78-21-18-50(73)68-19-5-6-43(35-68)70-55(62)51(56(63)74)52(67-70)40-11-14-45(15-12-40)83-48-16-13-42(60)32-46(48)61/h7-16,32,37,43-44,47,54,71H,5-6,17-31,33-36,62H2,1-4H3,(H2,63,74)(H,64,75)(H,66,72)/t43-,44-,47+,54-/m1/s1. The number of primary amides is 1. The van der Waals surface area contributed by atoms with Crippen LogP contribution in [0.5, 0.6) is 11.5 Å². The summed E-state index contributed by atoms with van der Waals surface area (Å²) >= 11 is 1.56. The monoisotopic (exact) mass is 1190 g/mol. The molecule has 0 aliphatic carbocycles. The predicted molar refractivity (Wildman–Crippen MR) is 308 cm³/mol. The Hall–Kier alpha value is -6.97. The summed E-state index contributed by atoms with van der Waals surface area (Å²) in [7, 11) is 0. The van der Waals surface area contributed by atoms with Crippen LogP contribution in [0.1, 0.15) is 80.5 Å². The van der Waals surface area contributed by atoms with Crippen molar-refractivity contribution in [3.05, 3.63) is 101 Å². The Balaban J connectivity index is 0.676. The number of piperidine rings is 1. The van der Waals surface area contributed by atoms with Crippen LogP contribution < -0.4 is 26.8 Å². The largest absolute Gasteiger partial charge is 0.454 e. The molecule has 7 rings (SSSR count). The molecule has 3 aromatic carbocycles. The molecule has 2 aromatic heterocycles. The van der Waals surface area contributed by atoms with Gasteiger partial charge in [0.2, 0.25) is 23.6 Å². The van der Waals surface area contributed by atoms with E-state index in [1.54, 1.807) is 50.7 Å². The molecular formula is C59H77F2N9O13S. The minimum absolute atomic E-state index is 0.00554. The zero-order valence-electron chi connectivity index (χ0n) is 48.0. The number of aryl methyl sites for hydroxylation is 1. The number of aliphatic hydroxyl groups excluding tert-OH is 1. The Morgan fingerprint density at radius 3 is 1.96 bits per heavy atom. The number of halogens is 2. The van der Waals surface area contributed by atoms with Gasteiger partial charge in [0.15, 0.2) is 11.6 Å². The number of nitrogens with two attached hydrogens (primary N) is 2. The molecule has 456 valence electrons. The number of hydrogen-bond acceptors (Lipinski definition) is 17. The minimum Gasteiger partial charge on any atom is -0.454 e. The molecular weight excluding hydrogens is 1110 g/mol. The zero-order chi connectivity index (χ0) is 60.2. The normalized spacial score (nSPS) is 16.6. The van der Waals surface area contributed by atoms with Gasteiger partial charge in [-0.05, 0) is 72.7 Å². The Kier molecular flexibility index (Phi) is 24.4. The lowest BCUT2D eigenvalue weighted by molar-refractivity contribution is -0.144. The van der Waals surface area contributed by atoms with Gasteiger partial charge in [-0.1, -0.05) is 45.0 Å². The topological polar surface area (TPSA) is 283 Å². The fraction of sp³-hybridized carbons (Fsp3) is 0.508. The van der Waals surface area contributed by atoms with E-state index >= 15 is 0 Å². The molecule has 4 atom stereocenters. The number of benzene rings is 3. The molecule has 0 spiro atoms. The number of rotatable bonds is 32. The predicted octanol–water partition coefficient (Wildman–Crippen LogP) is 5.59. The van der Waals surface area contributed by atoms with Gasteiger partial charge in [-0.3, -0.25) is 24.0 Å². The molecule has 84 heavy (non-hydrogen) atoms. The van der Waals surface area contributed by atoms with E-state index in [2.05, 4.69) is 20.7 Å². The van der Waals surface area contributed by atoms with Crippen molar-refractivity contribution in [1.82, 2.24) is 35.2 Å². The van der Waals surface area contributed by atoms with Crippen molar-refractivity contribution in [2.24, 2.45) is 11.1 Å². The first-order valence-electron chi connectivity index (χ1n) is 28.1. The highest BCUT2D eigenvalue weighted by atomic mass is 32.1. The van der Waals surface area contributed by atoms with E-state index in [9.17, 15) is 37.9 Å². The van der Waals surface area contributed by atoms with Crippen molar-refractivity contribution >= 4 is 46.7 Å². The number of thiazole rings is 1. The number of carbonyl (C=O) groups excluding carboxylic acids is 5. The van der Waals surface area contributed by atoms with Crippen molar-refractivity contribution in [3.63, 3.8) is 0 Å². The van der Waals surface area contributed by atoms with Crippen LogP contribution in [-0.4, -0.2) is 176 Å². The van der Waals surface area contributed by atoms with E-state index in [-0.39, 0.29) is 111 Å². The van der Waals surface area contributed by atoms with E-state index in [4.69, 9.17) is 44.6 Å². The van der Waals surface area contributed by atoms with E-state index in [0.29, 0.717) is 84.3 Å². The SMILES string of the molecule is Cc1ncsc1-c1ccc(CNC(=O)[C@@H]2C[C@@H](O)CN2C(=O)[C@@H](NC(=O)CCOCCOCCOCCOCCOCCOCCC(=O)N2CCC[C@@H](n3nc(-c4ccc(Oc5ccc(F)cc5F)cc4)c(C(N)=O)c3N)C2)C(C)(C)C)cc1. The van der Waals surface area contributed by atoms with Gasteiger partial charge in [0.05, 0.1) is 114 Å². The lowest BCUT2D eigenvalue weighted by Crippen LogP contribution is -2.57. The second-order valence-corrected chi connectivity index (χ2v) is 22.2. The number of β-amino-alcohol motifs (C(OH)–C–C–N with tert-alkyl or cyclic N) is 1. The summed E-state index contributed by atoms with van der Waals surface area (Å²) in [6.45, 7) is 12.1. The van der Waals surface area contributed by atoms with Gasteiger partial charge in [0.1, 0.15) is 40.7 Å². The van der Waals surface area contributed by atoms with Crippen LogP contribution in [0.3, 0.4) is 0 Å². The van der Waals surface area contributed by atoms with Crippen LogP contribution in [0.15, 0.2) is 72.2 Å². The summed E-state index contributed by atoms with van der Waals surface area (Å²) in [6, 6.07) is 15.0. The Bertz CT molecular complexity index is 2960. The maximum atomic E-state index is 14.1. The highest BCUT2D eigenvalue weighted by Crippen LogP contribution is 2.35. The third kappa shape index (κ3) is 18.8. The number of carbonyl (C=O) groups is 5. The molecule has 2 fully saturated rings. The van der Waals surface area contributed by atoms with Gasteiger partial charge < -0.3 is 70.2 Å². The summed E-state index contributed by atoms with van der Waals surface area (Å²) in [5.74, 6) is -3.45. The van der Waals surface area contributed by atoms with Gasteiger partial charge in [-0.25, -0.2) is 18.4 Å². The number of nitrogen functional groups attached to an aromatic ring is 1. The average Bonchev–Trinajstić information content (AvgIpc) is 3.12. The van der Waals surface area contributed by atoms with Crippen molar-refractivity contribution in [2.75, 3.05) is 105 Å². The fourth-order valence-electron chi connectivity index (χ4n) is 9.62. The highest BCUT2D eigenvalue weighted by Gasteiger charge is 2.44. The number of amides is 5. The summed E-state index contributed by atoms with van der Waals surface area (Å²) in [4.78, 5) is 74.7. The number of likely N-dealkylation sites (tertiary alicyclic amines) is 2. The molecule has 2 aliphatic heterocycles. The fourth-order valence-corrected chi connectivity index (χ4v) is 10.4. The highest BCUT2D eigenvalue weighted by molar-refractivity contribution is 7.13. The van der Waals surface area contributed by atoms with Crippen LogP contribution in [0.25, 0.3) is 21.7 Å². The van der Waals surface area contributed by atoms with E-state index < -0.39 is 47.1 Å². The molecule has 7 N–H and O–H groups in total. The molecule has 5 aromatic rings. The van der Waals surface area contributed by atoms with Crippen molar-refractivity contribution in [2.45, 2.75) is 90.6 Å². The lowest BCUT2D eigenvalue weighted by Gasteiger charge is -2.35. The Labute approximate surface area is 491 Å². The first-order chi connectivity index (χ1) is 40.4. The van der Waals surface area contributed by atoms with Crippen LogP contribution in [0.4, 0.5) is 14.6 Å². The van der Waals surface area contributed by atoms with Crippen LogP contribution in [-0.2, 0) is 54.1 Å². The lowest BCUT2D eigenvalue weighted by atomic mass is 9.85. The molecule has 0 bridgehead atoms. The number of nitrogens with zero attached hydrogens (tertiary/aromatic N) is 5. The molecule has 5 amide bonds. The maximum Gasteiger partial charge on any atom is 0.254 e. The van der Waals surface area contributed by atoms with Gasteiger partial charge in [0.25, 0.3) is 5.91 Å². The molecule has 2 saturated heterocycles. The second-order valence-electron chi connectivity index (χ2n) is 21.4.